The Morgan fingerprint density at radius 3 is 1.44 bits per heavy atom. The summed E-state index contributed by atoms with van der Waals surface area (Å²) < 4.78 is 12.6. The van der Waals surface area contributed by atoms with E-state index in [1.165, 1.54) is 51.4 Å². The average molecular weight is 477 g/mol. The Labute approximate surface area is 166 Å². The molecule has 1 unspecified atom stereocenters. The molecule has 0 saturated carbocycles. The van der Waals surface area contributed by atoms with E-state index in [9.17, 15) is 0 Å². The summed E-state index contributed by atoms with van der Waals surface area (Å²) in [5, 5.41) is 0.330. The van der Waals surface area contributed by atoms with Crippen LogP contribution in [0.1, 0.15) is 99.8 Å². The van der Waals surface area contributed by atoms with Crippen LogP contribution in [0.25, 0.3) is 0 Å². The molecule has 25 heavy (non-hydrogen) atoms. The first kappa shape index (κ1) is 26.0. The SMILES string of the molecule is CCC[CH2][Sn]([CH2]CCC)([CH2]CCC)[CH](CCC)O[Si](C)(C)C(C)(C)C. The van der Waals surface area contributed by atoms with Crippen LogP contribution in [-0.4, -0.2) is 30.8 Å². The van der Waals surface area contributed by atoms with Gasteiger partial charge in [-0.25, -0.2) is 0 Å². The Balaban J connectivity index is 5.69. The second-order valence-electron chi connectivity index (χ2n) is 9.83. The zero-order chi connectivity index (χ0) is 19.6. The quantitative estimate of drug-likeness (QED) is 0.228. The molecule has 0 aliphatic heterocycles. The van der Waals surface area contributed by atoms with Crippen molar-refractivity contribution in [2.45, 2.75) is 135 Å². The van der Waals surface area contributed by atoms with E-state index in [1.54, 1.807) is 13.3 Å². The van der Waals surface area contributed by atoms with Gasteiger partial charge in [0.2, 0.25) is 0 Å². The molecule has 0 aromatic carbocycles. The van der Waals surface area contributed by atoms with Crippen LogP contribution in [0.2, 0.25) is 31.4 Å². The summed E-state index contributed by atoms with van der Waals surface area (Å²) in [6, 6.07) is 0. The molecule has 0 radical (unpaired) electrons. The third kappa shape index (κ3) is 8.68. The normalized spacial score (nSPS) is 14.8. The van der Waals surface area contributed by atoms with E-state index < -0.39 is 26.7 Å². The van der Waals surface area contributed by atoms with Crippen molar-refractivity contribution in [3.05, 3.63) is 0 Å². The topological polar surface area (TPSA) is 9.23 Å². The summed E-state index contributed by atoms with van der Waals surface area (Å²) in [4.78, 5) is 0. The van der Waals surface area contributed by atoms with Crippen LogP contribution in [0, 0.1) is 0 Å². The standard InChI is InChI=1S/C10H23OSi.3C4H9.Sn/c1-7-8-9-11-12(5,6)10(2,3)4;3*1-3-4-2;/h9H,7-8H2,1-6H3;3*1,3-4H2,2H3;. The van der Waals surface area contributed by atoms with Crippen LogP contribution < -0.4 is 0 Å². The van der Waals surface area contributed by atoms with Crippen LogP contribution in [0.15, 0.2) is 0 Å². The van der Waals surface area contributed by atoms with Crippen LogP contribution in [0.5, 0.6) is 0 Å². The fraction of sp³-hybridized carbons (Fsp3) is 1.00. The van der Waals surface area contributed by atoms with Gasteiger partial charge in [0.15, 0.2) is 0 Å². The second-order valence-corrected chi connectivity index (χ2v) is 28.5. The van der Waals surface area contributed by atoms with E-state index in [-0.39, 0.29) is 0 Å². The summed E-state index contributed by atoms with van der Waals surface area (Å²) in [5.41, 5.74) is 0. The maximum atomic E-state index is 7.23. The van der Waals surface area contributed by atoms with Gasteiger partial charge in [0.1, 0.15) is 0 Å². The first-order valence-corrected chi connectivity index (χ1v) is 21.9. The fourth-order valence-electron chi connectivity index (χ4n) is 3.73. The number of hydrogen-bond acceptors (Lipinski definition) is 1. The molecule has 0 N–H and O–H groups in total. The summed E-state index contributed by atoms with van der Waals surface area (Å²) in [5.74, 6) is 0. The third-order valence-electron chi connectivity index (χ3n) is 6.56. The van der Waals surface area contributed by atoms with Gasteiger partial charge in [0.05, 0.1) is 0 Å². The van der Waals surface area contributed by atoms with E-state index in [0.717, 1.165) is 0 Å². The van der Waals surface area contributed by atoms with Crippen molar-refractivity contribution in [3.8, 4) is 0 Å². The van der Waals surface area contributed by atoms with Gasteiger partial charge in [-0.05, 0) is 0 Å². The monoisotopic (exact) mass is 478 g/mol. The molecule has 1 nitrogen and oxygen atoms in total. The van der Waals surface area contributed by atoms with Crippen molar-refractivity contribution in [3.63, 3.8) is 0 Å². The molecule has 0 fully saturated rings. The van der Waals surface area contributed by atoms with Gasteiger partial charge < -0.3 is 0 Å². The molecule has 0 aliphatic rings. The molecular formula is C22H50OSiSn. The van der Waals surface area contributed by atoms with E-state index >= 15 is 0 Å². The van der Waals surface area contributed by atoms with Crippen molar-refractivity contribution in [1.82, 2.24) is 0 Å². The maximum absolute atomic E-state index is 7.23. The van der Waals surface area contributed by atoms with Crippen LogP contribution >= 0.6 is 0 Å². The summed E-state index contributed by atoms with van der Waals surface area (Å²) in [7, 11) is -1.68. The number of unbranched alkanes of at least 4 members (excludes halogenated alkanes) is 3. The van der Waals surface area contributed by atoms with Crippen molar-refractivity contribution >= 4 is 26.7 Å². The van der Waals surface area contributed by atoms with E-state index in [0.29, 0.717) is 9.16 Å². The molecule has 0 aliphatic carbocycles. The zero-order valence-corrected chi connectivity index (χ0v) is 23.1. The summed E-state index contributed by atoms with van der Waals surface area (Å²) in [6.45, 7) is 21.7. The molecule has 0 spiro atoms. The zero-order valence-electron chi connectivity index (χ0n) is 19.3. The molecular weight excluding hydrogens is 427 g/mol. The average Bonchev–Trinajstić information content (AvgIpc) is 2.53. The first-order chi connectivity index (χ1) is 11.6. The van der Waals surface area contributed by atoms with Gasteiger partial charge in [-0.15, -0.1) is 0 Å². The minimum absolute atomic E-state index is 0.330. The Bertz CT molecular complexity index is 314. The van der Waals surface area contributed by atoms with E-state index in [1.807, 2.05) is 0 Å². The number of rotatable bonds is 14. The van der Waals surface area contributed by atoms with Crippen molar-refractivity contribution < 1.29 is 4.43 Å². The van der Waals surface area contributed by atoms with Crippen molar-refractivity contribution in [2.75, 3.05) is 0 Å². The summed E-state index contributed by atoms with van der Waals surface area (Å²) >= 11 is -2.30. The van der Waals surface area contributed by atoms with Crippen molar-refractivity contribution in [2.24, 2.45) is 0 Å². The van der Waals surface area contributed by atoms with Crippen LogP contribution in [0.3, 0.4) is 0 Å². The van der Waals surface area contributed by atoms with Gasteiger partial charge in [0, 0.05) is 0 Å². The van der Waals surface area contributed by atoms with E-state index in [4.69, 9.17) is 4.43 Å². The van der Waals surface area contributed by atoms with Crippen molar-refractivity contribution in [1.29, 1.82) is 0 Å². The summed E-state index contributed by atoms with van der Waals surface area (Å²) in [6.07, 6.45) is 11.0. The molecule has 0 aromatic heterocycles. The Morgan fingerprint density at radius 1 is 0.760 bits per heavy atom. The van der Waals surface area contributed by atoms with Gasteiger partial charge in [-0.1, -0.05) is 0 Å². The first-order valence-electron chi connectivity index (χ1n) is 11.3. The van der Waals surface area contributed by atoms with Crippen LogP contribution in [0.4, 0.5) is 0 Å². The van der Waals surface area contributed by atoms with Gasteiger partial charge in [-0.2, -0.15) is 0 Å². The molecule has 0 saturated heterocycles. The fourth-order valence-corrected chi connectivity index (χ4v) is 26.4. The van der Waals surface area contributed by atoms with Gasteiger partial charge in [-0.3, -0.25) is 0 Å². The molecule has 152 valence electrons. The minimum atomic E-state index is -2.30. The molecule has 0 aromatic rings. The molecule has 1 atom stereocenters. The Morgan fingerprint density at radius 2 is 1.16 bits per heavy atom. The molecule has 3 heteroatoms. The van der Waals surface area contributed by atoms with Gasteiger partial charge >= 0.3 is 167 Å². The third-order valence-corrected chi connectivity index (χ3v) is 28.3. The predicted molar refractivity (Wildman–Crippen MR) is 122 cm³/mol. The van der Waals surface area contributed by atoms with Gasteiger partial charge in [0.25, 0.3) is 0 Å². The second kappa shape index (κ2) is 12.4. The Kier molecular flexibility index (Phi) is 12.9. The Hall–Kier alpha value is 0.976. The molecule has 0 bridgehead atoms. The van der Waals surface area contributed by atoms with Crippen LogP contribution in [-0.2, 0) is 4.43 Å². The van der Waals surface area contributed by atoms with E-state index in [2.05, 4.69) is 61.6 Å². The number of hydrogen-bond donors (Lipinski definition) is 0. The molecule has 0 amide bonds. The molecule has 0 rings (SSSR count). The predicted octanol–water partition coefficient (Wildman–Crippen LogP) is 8.57. The molecule has 0 heterocycles.